The van der Waals surface area contributed by atoms with Crippen LogP contribution < -0.4 is 0 Å². The predicted molar refractivity (Wildman–Crippen MR) is 79.3 cm³/mol. The van der Waals surface area contributed by atoms with E-state index in [4.69, 9.17) is 4.74 Å². The second-order valence-corrected chi connectivity index (χ2v) is 4.68. The summed E-state index contributed by atoms with van der Waals surface area (Å²) in [5.41, 5.74) is 1.08. The lowest BCUT2D eigenvalue weighted by atomic mass is 10.0. The Morgan fingerprint density at radius 1 is 1.41 bits per heavy atom. The number of ketones is 1. The van der Waals surface area contributed by atoms with Crippen LogP contribution in [0.15, 0.2) is 35.0 Å². The van der Waals surface area contributed by atoms with E-state index < -0.39 is 22.6 Å². The highest BCUT2D eigenvalue weighted by Crippen LogP contribution is 2.24. The molecular weight excluding hydrogens is 288 g/mol. The predicted octanol–water partition coefficient (Wildman–Crippen LogP) is 2.16. The molecule has 1 atom stereocenters. The van der Waals surface area contributed by atoms with Gasteiger partial charge in [0.25, 0.3) is 5.69 Å². The number of benzene rings is 1. The molecule has 0 amide bonds. The van der Waals surface area contributed by atoms with Gasteiger partial charge in [-0.1, -0.05) is 0 Å². The van der Waals surface area contributed by atoms with Gasteiger partial charge in [0.15, 0.2) is 5.92 Å². The second-order valence-electron chi connectivity index (χ2n) is 4.68. The fourth-order valence-corrected chi connectivity index (χ4v) is 2.10. The molecule has 1 aliphatic rings. The van der Waals surface area contributed by atoms with E-state index in [9.17, 15) is 19.7 Å². The highest BCUT2D eigenvalue weighted by atomic mass is 16.6. The van der Waals surface area contributed by atoms with E-state index in [2.05, 4.69) is 4.99 Å². The van der Waals surface area contributed by atoms with E-state index in [-0.39, 0.29) is 18.0 Å². The monoisotopic (exact) mass is 302 g/mol. The first-order valence-corrected chi connectivity index (χ1v) is 6.66. The van der Waals surface area contributed by atoms with Gasteiger partial charge in [-0.15, -0.1) is 0 Å². The van der Waals surface area contributed by atoms with Crippen LogP contribution in [0.4, 0.5) is 5.69 Å². The third-order valence-electron chi connectivity index (χ3n) is 3.16. The summed E-state index contributed by atoms with van der Waals surface area (Å²) in [7, 11) is 0. The van der Waals surface area contributed by atoms with Gasteiger partial charge >= 0.3 is 5.97 Å². The molecule has 0 spiro atoms. The average molecular weight is 302 g/mol. The molecule has 0 radical (unpaired) electrons. The molecule has 7 nitrogen and oxygen atoms in total. The van der Waals surface area contributed by atoms with Crippen molar-refractivity contribution in [3.05, 3.63) is 45.6 Å². The third kappa shape index (κ3) is 3.08. The molecule has 0 fully saturated rings. The van der Waals surface area contributed by atoms with Crippen molar-refractivity contribution in [1.29, 1.82) is 0 Å². The molecular formula is C15H14N2O5. The average Bonchev–Trinajstić information content (AvgIpc) is 2.74. The number of nitrogens with zero attached hydrogens (tertiary/aromatic N) is 2. The SMILES string of the molecule is CCOC(=O)C1C(=O)/C(=C\c2ccc([N+](=O)[O-])cc2)N=C1C. The lowest BCUT2D eigenvalue weighted by molar-refractivity contribution is -0.384. The number of hydrogen-bond donors (Lipinski definition) is 0. The summed E-state index contributed by atoms with van der Waals surface area (Å²) in [6, 6.07) is 5.71. The smallest absolute Gasteiger partial charge is 0.322 e. The Hall–Kier alpha value is -2.83. The van der Waals surface area contributed by atoms with Gasteiger partial charge in [-0.25, -0.2) is 0 Å². The third-order valence-corrected chi connectivity index (χ3v) is 3.16. The van der Waals surface area contributed by atoms with E-state index in [1.807, 2.05) is 0 Å². The Bertz CT molecular complexity index is 688. The van der Waals surface area contributed by atoms with Crippen LogP contribution in [0.5, 0.6) is 0 Å². The molecule has 7 heteroatoms. The van der Waals surface area contributed by atoms with Crippen LogP contribution in [0.25, 0.3) is 6.08 Å². The van der Waals surface area contributed by atoms with Gasteiger partial charge in [-0.3, -0.25) is 24.7 Å². The van der Waals surface area contributed by atoms with Crippen LogP contribution in [0.2, 0.25) is 0 Å². The Morgan fingerprint density at radius 2 is 2.05 bits per heavy atom. The maximum atomic E-state index is 12.2. The van der Waals surface area contributed by atoms with Gasteiger partial charge in [0.2, 0.25) is 5.78 Å². The summed E-state index contributed by atoms with van der Waals surface area (Å²) in [4.78, 5) is 38.2. The van der Waals surface area contributed by atoms with E-state index in [1.165, 1.54) is 30.3 Å². The standard InChI is InChI=1S/C15H14N2O5/c1-3-22-15(19)13-9(2)16-12(14(13)18)8-10-4-6-11(7-5-10)17(20)21/h4-8,13H,3H2,1-2H3/b12-8+. The molecule has 0 aromatic heterocycles. The van der Waals surface area contributed by atoms with E-state index in [0.717, 1.165) is 0 Å². The Morgan fingerprint density at radius 3 is 2.59 bits per heavy atom. The van der Waals surface area contributed by atoms with Crippen LogP contribution in [0.1, 0.15) is 19.4 Å². The molecule has 1 heterocycles. The summed E-state index contributed by atoms with van der Waals surface area (Å²) in [6.45, 7) is 3.45. The minimum atomic E-state index is -0.996. The van der Waals surface area contributed by atoms with Gasteiger partial charge in [0, 0.05) is 17.8 Å². The van der Waals surface area contributed by atoms with E-state index in [0.29, 0.717) is 11.3 Å². The zero-order valence-electron chi connectivity index (χ0n) is 12.1. The van der Waals surface area contributed by atoms with Gasteiger partial charge in [0.1, 0.15) is 5.70 Å². The molecule has 1 aromatic carbocycles. The van der Waals surface area contributed by atoms with Crippen LogP contribution in [0.3, 0.4) is 0 Å². The maximum Gasteiger partial charge on any atom is 0.322 e. The number of allylic oxidation sites excluding steroid dienone is 1. The molecule has 114 valence electrons. The summed E-state index contributed by atoms with van der Waals surface area (Å²) >= 11 is 0. The van der Waals surface area contributed by atoms with Crippen molar-refractivity contribution in [3.8, 4) is 0 Å². The van der Waals surface area contributed by atoms with Gasteiger partial charge in [-0.05, 0) is 37.6 Å². The van der Waals surface area contributed by atoms with Crippen LogP contribution in [-0.4, -0.2) is 29.0 Å². The van der Waals surface area contributed by atoms with Crippen molar-refractivity contribution < 1.29 is 19.2 Å². The molecule has 1 aromatic rings. The van der Waals surface area contributed by atoms with Crippen LogP contribution >= 0.6 is 0 Å². The summed E-state index contributed by atoms with van der Waals surface area (Å²) < 4.78 is 4.86. The molecule has 0 saturated heterocycles. The molecule has 1 unspecified atom stereocenters. The first-order chi connectivity index (χ1) is 10.4. The maximum absolute atomic E-state index is 12.2. The van der Waals surface area contributed by atoms with Crippen LogP contribution in [-0.2, 0) is 14.3 Å². The molecule has 0 bridgehead atoms. The number of rotatable bonds is 4. The number of non-ortho nitro benzene ring substituents is 1. The lowest BCUT2D eigenvalue weighted by Crippen LogP contribution is -2.28. The minimum Gasteiger partial charge on any atom is -0.465 e. The zero-order valence-corrected chi connectivity index (χ0v) is 12.1. The minimum absolute atomic E-state index is 0.0380. The molecule has 22 heavy (non-hydrogen) atoms. The first kappa shape index (κ1) is 15.6. The van der Waals surface area contributed by atoms with Crippen molar-refractivity contribution in [2.75, 3.05) is 6.61 Å². The van der Waals surface area contributed by atoms with Crippen molar-refractivity contribution in [2.45, 2.75) is 13.8 Å². The molecule has 0 N–H and O–H groups in total. The number of nitro groups is 1. The zero-order chi connectivity index (χ0) is 16.3. The number of Topliss-reactive ketones (excluding diaryl/α,β-unsaturated/α-hetero) is 1. The Labute approximate surface area is 126 Å². The van der Waals surface area contributed by atoms with Crippen molar-refractivity contribution in [1.82, 2.24) is 0 Å². The lowest BCUT2D eigenvalue weighted by Gasteiger charge is -2.07. The number of aliphatic imine (C=N–C) groups is 1. The van der Waals surface area contributed by atoms with E-state index >= 15 is 0 Å². The van der Waals surface area contributed by atoms with Crippen LogP contribution in [0, 0.1) is 16.0 Å². The fraction of sp³-hybridized carbons (Fsp3) is 0.267. The quantitative estimate of drug-likeness (QED) is 0.279. The second kappa shape index (κ2) is 6.30. The molecule has 1 aliphatic heterocycles. The Balaban J connectivity index is 2.24. The largest absolute Gasteiger partial charge is 0.465 e. The van der Waals surface area contributed by atoms with Gasteiger partial charge < -0.3 is 4.74 Å². The number of ether oxygens (including phenoxy) is 1. The van der Waals surface area contributed by atoms with Gasteiger partial charge in [-0.2, -0.15) is 0 Å². The number of carbonyl (C=O) groups is 2. The molecule has 2 rings (SSSR count). The summed E-state index contributed by atoms with van der Waals surface area (Å²) in [5, 5.41) is 10.6. The number of esters is 1. The van der Waals surface area contributed by atoms with Crippen molar-refractivity contribution >= 4 is 29.2 Å². The molecule has 0 saturated carbocycles. The Kier molecular flexibility index (Phi) is 4.45. The summed E-state index contributed by atoms with van der Waals surface area (Å²) in [6.07, 6.45) is 1.49. The van der Waals surface area contributed by atoms with Crippen molar-refractivity contribution in [3.63, 3.8) is 0 Å². The number of hydrogen-bond acceptors (Lipinski definition) is 6. The topological polar surface area (TPSA) is 98.9 Å². The molecule has 0 aliphatic carbocycles. The van der Waals surface area contributed by atoms with Gasteiger partial charge in [0.05, 0.1) is 11.5 Å². The summed E-state index contributed by atoms with van der Waals surface area (Å²) in [5.74, 6) is -2.03. The highest BCUT2D eigenvalue weighted by molar-refractivity contribution is 6.28. The van der Waals surface area contributed by atoms with E-state index in [1.54, 1.807) is 13.8 Å². The number of carbonyl (C=O) groups excluding carboxylic acids is 2. The first-order valence-electron chi connectivity index (χ1n) is 6.66. The van der Waals surface area contributed by atoms with Crippen molar-refractivity contribution in [2.24, 2.45) is 10.9 Å². The number of nitro benzene ring substituents is 1. The fourth-order valence-electron chi connectivity index (χ4n) is 2.10. The highest BCUT2D eigenvalue weighted by Gasteiger charge is 2.37. The normalized spacial score (nSPS) is 19.2.